The summed E-state index contributed by atoms with van der Waals surface area (Å²) < 4.78 is 7.17. The average molecular weight is 246 g/mol. The van der Waals surface area contributed by atoms with E-state index >= 15 is 0 Å². The van der Waals surface area contributed by atoms with Crippen LogP contribution in [0.4, 0.5) is 0 Å². The van der Waals surface area contributed by atoms with E-state index in [1.165, 1.54) is 12.8 Å². The van der Waals surface area contributed by atoms with Crippen molar-refractivity contribution in [1.29, 1.82) is 0 Å². The van der Waals surface area contributed by atoms with Gasteiger partial charge in [-0.25, -0.2) is 4.98 Å². The highest BCUT2D eigenvalue weighted by Gasteiger charge is 2.24. The maximum absolute atomic E-state index is 6.05. The molecule has 0 radical (unpaired) electrons. The van der Waals surface area contributed by atoms with Gasteiger partial charge in [0.2, 0.25) is 5.88 Å². The molecule has 2 N–H and O–H groups in total. The molecule has 5 nitrogen and oxygen atoms in total. The van der Waals surface area contributed by atoms with Gasteiger partial charge in [-0.15, -0.1) is 0 Å². The molecule has 0 unspecified atom stereocenters. The Morgan fingerprint density at radius 1 is 1.44 bits per heavy atom. The maximum atomic E-state index is 6.05. The quantitative estimate of drug-likeness (QED) is 0.876. The van der Waals surface area contributed by atoms with Crippen LogP contribution in [-0.4, -0.2) is 27.5 Å². The van der Waals surface area contributed by atoms with Crippen LogP contribution in [0.1, 0.15) is 37.4 Å². The molecule has 2 aromatic heterocycles. The zero-order valence-electron chi connectivity index (χ0n) is 10.5. The molecular weight excluding hydrogens is 228 g/mol. The van der Waals surface area contributed by atoms with Crippen LogP contribution >= 0.6 is 0 Å². The van der Waals surface area contributed by atoms with Crippen molar-refractivity contribution in [3.05, 3.63) is 24.3 Å². The smallest absolute Gasteiger partial charge is 0.216 e. The van der Waals surface area contributed by atoms with Crippen molar-refractivity contribution in [2.45, 2.75) is 37.6 Å². The van der Waals surface area contributed by atoms with Gasteiger partial charge >= 0.3 is 0 Å². The number of imidazole rings is 1. The third kappa shape index (κ3) is 1.95. The Bertz CT molecular complexity index is 551. The van der Waals surface area contributed by atoms with Gasteiger partial charge in [-0.2, -0.15) is 4.98 Å². The molecule has 0 aromatic carbocycles. The molecule has 1 fully saturated rings. The second kappa shape index (κ2) is 4.57. The maximum Gasteiger partial charge on any atom is 0.216 e. The van der Waals surface area contributed by atoms with Crippen molar-refractivity contribution in [1.82, 2.24) is 14.4 Å². The number of aromatic nitrogens is 3. The minimum atomic E-state index is 0.308. The van der Waals surface area contributed by atoms with E-state index in [1.54, 1.807) is 13.3 Å². The number of nitrogens with zero attached hydrogens (tertiary/aromatic N) is 3. The molecule has 2 atom stereocenters. The molecule has 1 aliphatic rings. The molecule has 0 spiro atoms. The van der Waals surface area contributed by atoms with Gasteiger partial charge < -0.3 is 10.5 Å². The highest BCUT2D eigenvalue weighted by Crippen LogP contribution is 2.31. The lowest BCUT2D eigenvalue weighted by Crippen LogP contribution is -2.27. The van der Waals surface area contributed by atoms with Gasteiger partial charge in [-0.05, 0) is 19.3 Å². The number of hydrogen-bond donors (Lipinski definition) is 1. The Balaban J connectivity index is 1.97. The van der Waals surface area contributed by atoms with E-state index in [0.717, 1.165) is 24.3 Å². The second-order valence-corrected chi connectivity index (χ2v) is 4.94. The molecule has 0 saturated heterocycles. The van der Waals surface area contributed by atoms with Crippen molar-refractivity contribution in [2.24, 2.45) is 5.73 Å². The van der Waals surface area contributed by atoms with E-state index in [2.05, 4.69) is 9.97 Å². The average Bonchev–Trinajstić information content (AvgIpc) is 2.81. The van der Waals surface area contributed by atoms with Gasteiger partial charge in [0.25, 0.3) is 0 Å². The first-order valence-electron chi connectivity index (χ1n) is 6.41. The summed E-state index contributed by atoms with van der Waals surface area (Å²) in [6.07, 6.45) is 8.28. The minimum Gasteiger partial charge on any atom is -0.481 e. The Hall–Kier alpha value is -1.62. The number of ether oxygens (including phenoxy) is 1. The molecule has 3 rings (SSSR count). The molecule has 2 aromatic rings. The molecule has 0 bridgehead atoms. The van der Waals surface area contributed by atoms with E-state index in [4.69, 9.17) is 10.5 Å². The third-order valence-electron chi connectivity index (χ3n) is 3.69. The standard InChI is InChI=1S/C13H18N4O/c1-18-12-5-6-17-11(16-12)8-15-13(17)9-3-2-4-10(14)7-9/h5-6,8-10H,2-4,7,14H2,1H3/t9-,10+/m0/s1. The largest absolute Gasteiger partial charge is 0.481 e. The fourth-order valence-corrected chi connectivity index (χ4v) is 2.77. The highest BCUT2D eigenvalue weighted by atomic mass is 16.5. The van der Waals surface area contributed by atoms with E-state index in [-0.39, 0.29) is 0 Å². The number of rotatable bonds is 2. The van der Waals surface area contributed by atoms with Gasteiger partial charge in [-0.3, -0.25) is 4.40 Å². The fraction of sp³-hybridized carbons (Fsp3) is 0.538. The zero-order valence-corrected chi connectivity index (χ0v) is 10.5. The summed E-state index contributed by atoms with van der Waals surface area (Å²) in [5.74, 6) is 2.15. The van der Waals surface area contributed by atoms with Crippen molar-refractivity contribution in [3.8, 4) is 5.88 Å². The normalized spacial score (nSPS) is 24.3. The number of methoxy groups -OCH3 is 1. The monoisotopic (exact) mass is 246 g/mol. The van der Waals surface area contributed by atoms with Gasteiger partial charge in [0, 0.05) is 24.2 Å². The molecule has 0 aliphatic heterocycles. The molecule has 1 saturated carbocycles. The molecule has 1 aliphatic carbocycles. The van der Waals surface area contributed by atoms with E-state index in [9.17, 15) is 0 Å². The van der Waals surface area contributed by atoms with Crippen molar-refractivity contribution in [2.75, 3.05) is 7.11 Å². The summed E-state index contributed by atoms with van der Waals surface area (Å²) in [6.45, 7) is 0. The van der Waals surface area contributed by atoms with Gasteiger partial charge in [0.15, 0.2) is 5.65 Å². The Kier molecular flexibility index (Phi) is 2.91. The summed E-state index contributed by atoms with van der Waals surface area (Å²) in [4.78, 5) is 8.89. The lowest BCUT2D eigenvalue weighted by molar-refractivity contribution is 0.380. The number of nitrogens with two attached hydrogens (primary N) is 1. The Morgan fingerprint density at radius 3 is 3.11 bits per heavy atom. The molecule has 18 heavy (non-hydrogen) atoms. The third-order valence-corrected chi connectivity index (χ3v) is 3.69. The molecule has 2 heterocycles. The van der Waals surface area contributed by atoms with E-state index in [0.29, 0.717) is 17.8 Å². The van der Waals surface area contributed by atoms with Crippen LogP contribution in [0.3, 0.4) is 0 Å². The minimum absolute atomic E-state index is 0.308. The topological polar surface area (TPSA) is 65.4 Å². The molecule has 5 heteroatoms. The molecule has 0 amide bonds. The highest BCUT2D eigenvalue weighted by molar-refractivity contribution is 5.40. The number of hydrogen-bond acceptors (Lipinski definition) is 4. The summed E-state index contributed by atoms with van der Waals surface area (Å²) in [5.41, 5.74) is 6.88. The molecular formula is C13H18N4O. The van der Waals surface area contributed by atoms with Gasteiger partial charge in [0.05, 0.1) is 13.3 Å². The summed E-state index contributed by atoms with van der Waals surface area (Å²) >= 11 is 0. The summed E-state index contributed by atoms with van der Waals surface area (Å²) in [7, 11) is 1.62. The second-order valence-electron chi connectivity index (χ2n) is 4.94. The lowest BCUT2D eigenvalue weighted by Gasteiger charge is -2.25. The van der Waals surface area contributed by atoms with Crippen LogP contribution in [-0.2, 0) is 0 Å². The fourth-order valence-electron chi connectivity index (χ4n) is 2.77. The van der Waals surface area contributed by atoms with Crippen LogP contribution < -0.4 is 10.5 Å². The first-order valence-corrected chi connectivity index (χ1v) is 6.41. The number of fused-ring (bicyclic) bond motifs is 1. The lowest BCUT2D eigenvalue weighted by atomic mass is 9.85. The van der Waals surface area contributed by atoms with Crippen LogP contribution in [0, 0.1) is 0 Å². The van der Waals surface area contributed by atoms with E-state index in [1.807, 2.05) is 16.7 Å². The first-order chi connectivity index (χ1) is 8.78. The Labute approximate surface area is 106 Å². The predicted octanol–water partition coefficient (Wildman–Crippen LogP) is 1.72. The predicted molar refractivity (Wildman–Crippen MR) is 68.7 cm³/mol. The van der Waals surface area contributed by atoms with Crippen LogP contribution in [0.25, 0.3) is 5.65 Å². The SMILES string of the molecule is COc1ccn2c([C@H]3CCC[C@@H](N)C3)ncc2n1. The van der Waals surface area contributed by atoms with Gasteiger partial charge in [-0.1, -0.05) is 6.42 Å². The van der Waals surface area contributed by atoms with E-state index < -0.39 is 0 Å². The Morgan fingerprint density at radius 2 is 2.33 bits per heavy atom. The van der Waals surface area contributed by atoms with Crippen LogP contribution in [0.5, 0.6) is 5.88 Å². The van der Waals surface area contributed by atoms with Crippen molar-refractivity contribution < 1.29 is 4.74 Å². The molecule has 96 valence electrons. The van der Waals surface area contributed by atoms with Gasteiger partial charge in [0.1, 0.15) is 5.82 Å². The van der Waals surface area contributed by atoms with Crippen molar-refractivity contribution >= 4 is 5.65 Å². The van der Waals surface area contributed by atoms with Crippen molar-refractivity contribution in [3.63, 3.8) is 0 Å². The van der Waals surface area contributed by atoms with Crippen LogP contribution in [0.2, 0.25) is 0 Å². The zero-order chi connectivity index (χ0) is 12.5. The summed E-state index contributed by atoms with van der Waals surface area (Å²) in [6, 6.07) is 2.17. The van der Waals surface area contributed by atoms with Crippen LogP contribution in [0.15, 0.2) is 18.5 Å². The first kappa shape index (κ1) is 11.5. The summed E-state index contributed by atoms with van der Waals surface area (Å²) in [5, 5.41) is 0.